The fraction of sp³-hybridized carbons (Fsp3) is 0. The number of anilines is 3. The Labute approximate surface area is 376 Å². The van der Waals surface area contributed by atoms with E-state index in [4.69, 9.17) is 13.7 Å². The van der Waals surface area contributed by atoms with Crippen molar-refractivity contribution in [2.24, 2.45) is 0 Å². The van der Waals surface area contributed by atoms with Crippen molar-refractivity contribution in [1.29, 1.82) is 0 Å². The summed E-state index contributed by atoms with van der Waals surface area (Å²) in [6.07, 6.45) is 0. The molecule has 10 aromatic carbocycles. The lowest BCUT2D eigenvalue weighted by Crippen LogP contribution is -2.09. The molecule has 2 nitrogen and oxygen atoms in total. The summed E-state index contributed by atoms with van der Waals surface area (Å²) in [5.74, 6) is 0. The molecule has 0 bridgehead atoms. The maximum Gasteiger partial charge on any atom is 0.0629 e. The minimum Gasteiger partial charge on any atom is -0.311 e. The van der Waals surface area contributed by atoms with E-state index in [9.17, 15) is 0 Å². The number of benzene rings is 10. The van der Waals surface area contributed by atoms with Gasteiger partial charge >= 0.3 is 0 Å². The molecular weight excluding hydrogens is 749 g/mol. The van der Waals surface area contributed by atoms with Crippen molar-refractivity contribution in [3.8, 4) is 61.3 Å². The van der Waals surface area contributed by atoms with Gasteiger partial charge in [-0.15, -0.1) is 0 Å². The molecule has 0 atom stereocenters. The number of rotatable bonds is 9. The zero-order valence-corrected chi connectivity index (χ0v) is 33.4. The molecular formula is C60H42N2. The van der Waals surface area contributed by atoms with E-state index in [1.54, 1.807) is 24.3 Å². The number of hydrogen-bond acceptors (Lipinski definition) is 1. The maximum absolute atomic E-state index is 8.55. The first kappa shape index (κ1) is 27.5. The van der Waals surface area contributed by atoms with Crippen molar-refractivity contribution >= 4 is 38.9 Å². The van der Waals surface area contributed by atoms with Crippen LogP contribution in [-0.2, 0) is 0 Å². The van der Waals surface area contributed by atoms with Crippen molar-refractivity contribution in [1.82, 2.24) is 4.57 Å². The predicted octanol–water partition coefficient (Wildman–Crippen LogP) is 16.6. The maximum atomic E-state index is 8.55. The molecule has 0 fully saturated rings. The van der Waals surface area contributed by atoms with Crippen molar-refractivity contribution in [2.45, 2.75) is 0 Å². The molecule has 0 spiro atoms. The second-order valence-corrected chi connectivity index (χ2v) is 15.1. The minimum absolute atomic E-state index is 0.103. The van der Waals surface area contributed by atoms with Gasteiger partial charge in [-0.3, -0.25) is 0 Å². The molecule has 0 saturated carbocycles. The Morgan fingerprint density at radius 1 is 0.290 bits per heavy atom. The third-order valence-electron chi connectivity index (χ3n) is 11.4. The van der Waals surface area contributed by atoms with Gasteiger partial charge in [0, 0.05) is 33.5 Å². The van der Waals surface area contributed by atoms with Gasteiger partial charge in [0.25, 0.3) is 0 Å². The molecule has 1 heterocycles. The summed E-state index contributed by atoms with van der Waals surface area (Å²) >= 11 is 0. The van der Waals surface area contributed by atoms with E-state index in [2.05, 4.69) is 120 Å². The van der Waals surface area contributed by atoms with Crippen LogP contribution in [0.1, 0.15) is 13.7 Å². The number of para-hydroxylation sites is 1. The first-order valence-corrected chi connectivity index (χ1v) is 20.4. The fourth-order valence-electron chi connectivity index (χ4n) is 8.31. The molecule has 0 saturated heterocycles. The third-order valence-corrected chi connectivity index (χ3v) is 11.4. The van der Waals surface area contributed by atoms with Crippen molar-refractivity contribution in [3.63, 3.8) is 0 Å². The van der Waals surface area contributed by atoms with Crippen LogP contribution >= 0.6 is 0 Å². The van der Waals surface area contributed by atoms with E-state index >= 15 is 0 Å². The van der Waals surface area contributed by atoms with Gasteiger partial charge in [-0.1, -0.05) is 188 Å². The Morgan fingerprint density at radius 2 is 0.661 bits per heavy atom. The van der Waals surface area contributed by atoms with Crippen molar-refractivity contribution < 1.29 is 13.7 Å². The number of hydrogen-bond donors (Lipinski definition) is 0. The standard InChI is InChI=1S/C60H42N2/c1-4-12-43(13-5-1)47-24-33-53(34-25-47)61(54-35-26-48(27-36-54)44-14-6-2-7-15-44)55-37-28-50(29-38-55)46-20-22-51(23-21-46)52-32-41-60-58(42-52)57-18-10-11-19-59(57)62(60)56-39-30-49(31-40-56)45-16-8-3-9-17-45/h1-42H/i1D,2D,4D,5D,6D,7D,12D,13D,14D,15D. The minimum atomic E-state index is -0.456. The second-order valence-electron chi connectivity index (χ2n) is 15.1. The van der Waals surface area contributed by atoms with Gasteiger partial charge < -0.3 is 9.47 Å². The summed E-state index contributed by atoms with van der Waals surface area (Å²) in [6, 6.07) is 61.5. The van der Waals surface area contributed by atoms with Crippen LogP contribution in [0.2, 0.25) is 0 Å². The summed E-state index contributed by atoms with van der Waals surface area (Å²) in [7, 11) is 0. The van der Waals surface area contributed by atoms with Crippen LogP contribution < -0.4 is 4.90 Å². The lowest BCUT2D eigenvalue weighted by molar-refractivity contribution is 1.18. The van der Waals surface area contributed by atoms with E-state index in [1.165, 1.54) is 21.9 Å². The van der Waals surface area contributed by atoms with Gasteiger partial charge in [0.15, 0.2) is 0 Å². The molecule has 292 valence electrons. The summed E-state index contributed by atoms with van der Waals surface area (Å²) in [5, 5.41) is 2.36. The zero-order valence-electron chi connectivity index (χ0n) is 43.4. The Balaban J connectivity index is 0.914. The highest BCUT2D eigenvalue weighted by Crippen LogP contribution is 2.39. The lowest BCUT2D eigenvalue weighted by Gasteiger charge is -2.26. The second kappa shape index (κ2) is 16.1. The molecule has 0 amide bonds. The van der Waals surface area contributed by atoms with Crippen LogP contribution in [0.15, 0.2) is 255 Å². The van der Waals surface area contributed by atoms with Crippen LogP contribution in [0.3, 0.4) is 0 Å². The fourth-order valence-corrected chi connectivity index (χ4v) is 8.31. The Bertz CT molecular complexity index is 3700. The largest absolute Gasteiger partial charge is 0.311 e. The van der Waals surface area contributed by atoms with Gasteiger partial charge in [0.05, 0.1) is 24.7 Å². The smallest absolute Gasteiger partial charge is 0.0629 e. The Morgan fingerprint density at radius 3 is 1.18 bits per heavy atom. The summed E-state index contributed by atoms with van der Waals surface area (Å²) in [5.41, 5.74) is 13.3. The molecule has 11 rings (SSSR count). The molecule has 0 unspecified atom stereocenters. The van der Waals surface area contributed by atoms with Crippen LogP contribution in [0.4, 0.5) is 17.1 Å². The molecule has 2 heteroatoms. The molecule has 0 aliphatic rings. The zero-order chi connectivity index (χ0) is 49.9. The van der Waals surface area contributed by atoms with Crippen molar-refractivity contribution in [2.75, 3.05) is 4.90 Å². The Kier molecular flexibility index (Phi) is 7.15. The highest BCUT2D eigenvalue weighted by Gasteiger charge is 2.16. The summed E-state index contributed by atoms with van der Waals surface area (Å²) in [6.45, 7) is 0. The van der Waals surface area contributed by atoms with E-state index < -0.39 is 36.3 Å². The quantitative estimate of drug-likeness (QED) is 0.141. The summed E-state index contributed by atoms with van der Waals surface area (Å²) in [4.78, 5) is 2.00. The van der Waals surface area contributed by atoms with Crippen LogP contribution in [0.25, 0.3) is 83.1 Å². The molecule has 0 N–H and O–H groups in total. The molecule has 0 aliphatic heterocycles. The van der Waals surface area contributed by atoms with Crippen LogP contribution in [-0.4, -0.2) is 4.57 Å². The molecule has 11 aromatic rings. The Hall–Kier alpha value is -8.20. The van der Waals surface area contributed by atoms with Gasteiger partial charge in [0.1, 0.15) is 0 Å². The molecule has 62 heavy (non-hydrogen) atoms. The highest BCUT2D eigenvalue weighted by molar-refractivity contribution is 6.10. The normalized spacial score (nSPS) is 13.5. The predicted molar refractivity (Wildman–Crippen MR) is 263 cm³/mol. The van der Waals surface area contributed by atoms with E-state index in [1.807, 2.05) is 59.5 Å². The average molecular weight is 801 g/mol. The van der Waals surface area contributed by atoms with Gasteiger partial charge in [0.2, 0.25) is 0 Å². The number of nitrogens with zero attached hydrogens (tertiary/aromatic N) is 2. The van der Waals surface area contributed by atoms with Crippen molar-refractivity contribution in [3.05, 3.63) is 255 Å². The SMILES string of the molecule is [2H]c1c([2H])c([2H])c(-c2ccc(N(c3ccc(-c4ccc(-c5ccc6c(c5)c5ccccc5n6-c5ccc(-c6ccccc6)cc5)cc4)cc3)c3ccc(-c4c([2H])c([2H])c([2H])c([2H])c4[2H])cc3)cc2)c([2H])c1[2H]. The van der Waals surface area contributed by atoms with E-state index in [-0.39, 0.29) is 35.3 Å². The van der Waals surface area contributed by atoms with E-state index in [0.29, 0.717) is 22.5 Å². The first-order valence-electron chi connectivity index (χ1n) is 25.4. The summed E-state index contributed by atoms with van der Waals surface area (Å²) < 4.78 is 85.5. The van der Waals surface area contributed by atoms with E-state index in [0.717, 1.165) is 44.7 Å². The van der Waals surface area contributed by atoms with Crippen LogP contribution in [0, 0.1) is 0 Å². The topological polar surface area (TPSA) is 8.17 Å². The monoisotopic (exact) mass is 800 g/mol. The molecule has 1 aromatic heterocycles. The van der Waals surface area contributed by atoms with Gasteiger partial charge in [-0.2, -0.15) is 0 Å². The third kappa shape index (κ3) is 7.04. The first-order chi connectivity index (χ1) is 34.9. The molecule has 0 aliphatic carbocycles. The van der Waals surface area contributed by atoms with Crippen LogP contribution in [0.5, 0.6) is 0 Å². The average Bonchev–Trinajstić information content (AvgIpc) is 3.76. The number of fused-ring (bicyclic) bond motifs is 3. The lowest BCUT2D eigenvalue weighted by atomic mass is 9.98. The highest BCUT2D eigenvalue weighted by atomic mass is 15.1. The molecule has 0 radical (unpaired) electrons. The number of aromatic nitrogens is 1. The van der Waals surface area contributed by atoms with Gasteiger partial charge in [-0.25, -0.2) is 0 Å². The van der Waals surface area contributed by atoms with Gasteiger partial charge in [-0.05, 0) is 122 Å².